The summed E-state index contributed by atoms with van der Waals surface area (Å²) in [7, 11) is 1.77. The summed E-state index contributed by atoms with van der Waals surface area (Å²) in [6, 6.07) is 5.82. The average Bonchev–Trinajstić information content (AvgIpc) is 2.37. The third kappa shape index (κ3) is 2.79. The molecule has 3 nitrogen and oxygen atoms in total. The zero-order chi connectivity index (χ0) is 12.3. The highest BCUT2D eigenvalue weighted by Crippen LogP contribution is 2.19. The maximum absolute atomic E-state index is 12.1. The Morgan fingerprint density at radius 1 is 1.47 bits per heavy atom. The van der Waals surface area contributed by atoms with E-state index in [1.807, 2.05) is 18.2 Å². The molecule has 0 spiro atoms. The molecular weight excluding hydrogens is 238 g/mol. The van der Waals surface area contributed by atoms with Crippen LogP contribution < -0.4 is 0 Å². The number of nitrogens with zero attached hydrogens (tertiary/aromatic N) is 1. The number of carbonyl (C=O) groups is 1. The molecule has 0 unspecified atom stereocenters. The lowest BCUT2D eigenvalue weighted by Crippen LogP contribution is -2.28. The predicted octanol–water partition coefficient (Wildman–Crippen LogP) is 2.07. The van der Waals surface area contributed by atoms with E-state index in [1.54, 1.807) is 11.9 Å². The standard InChI is InChI=1S/C13H16ClNO2/c1-15(6-5-14)13(16)11-2-3-12-9-17-7-4-10(12)8-11/h2-3,8H,4-7,9H2,1H3. The van der Waals surface area contributed by atoms with Crippen LogP contribution in [0, 0.1) is 0 Å². The van der Waals surface area contributed by atoms with Gasteiger partial charge in [0.1, 0.15) is 0 Å². The third-order valence-electron chi connectivity index (χ3n) is 2.99. The lowest BCUT2D eigenvalue weighted by atomic mass is 10.00. The van der Waals surface area contributed by atoms with Crippen LogP contribution in [0.3, 0.4) is 0 Å². The highest BCUT2D eigenvalue weighted by molar-refractivity contribution is 6.18. The number of carbonyl (C=O) groups excluding carboxylic acids is 1. The fourth-order valence-electron chi connectivity index (χ4n) is 1.95. The summed E-state index contributed by atoms with van der Waals surface area (Å²) in [5.74, 6) is 0.487. The van der Waals surface area contributed by atoms with Crippen LogP contribution in [0.4, 0.5) is 0 Å². The molecule has 0 saturated carbocycles. The molecule has 0 N–H and O–H groups in total. The Balaban J connectivity index is 2.19. The Morgan fingerprint density at radius 2 is 2.29 bits per heavy atom. The van der Waals surface area contributed by atoms with Gasteiger partial charge in [-0.25, -0.2) is 0 Å². The number of halogens is 1. The van der Waals surface area contributed by atoms with E-state index in [2.05, 4.69) is 0 Å². The van der Waals surface area contributed by atoms with Gasteiger partial charge >= 0.3 is 0 Å². The van der Waals surface area contributed by atoms with Crippen molar-refractivity contribution < 1.29 is 9.53 Å². The molecule has 4 heteroatoms. The van der Waals surface area contributed by atoms with E-state index in [9.17, 15) is 4.79 Å². The predicted molar refractivity (Wildman–Crippen MR) is 67.5 cm³/mol. The molecule has 0 aromatic heterocycles. The summed E-state index contributed by atoms with van der Waals surface area (Å²) in [6.07, 6.45) is 0.885. The molecule has 1 aromatic rings. The minimum absolute atomic E-state index is 0.0277. The first-order chi connectivity index (χ1) is 8.22. The summed E-state index contributed by atoms with van der Waals surface area (Å²) < 4.78 is 5.37. The summed E-state index contributed by atoms with van der Waals surface area (Å²) >= 11 is 5.63. The van der Waals surface area contributed by atoms with Crippen LogP contribution in [-0.2, 0) is 17.8 Å². The lowest BCUT2D eigenvalue weighted by Gasteiger charge is -2.19. The Bertz CT molecular complexity index is 420. The van der Waals surface area contributed by atoms with E-state index in [0.717, 1.165) is 18.6 Å². The molecule has 0 aliphatic carbocycles. The fourth-order valence-corrected chi connectivity index (χ4v) is 2.20. The van der Waals surface area contributed by atoms with Gasteiger partial charge < -0.3 is 9.64 Å². The molecule has 1 aliphatic heterocycles. The Kier molecular flexibility index (Phi) is 4.02. The van der Waals surface area contributed by atoms with Gasteiger partial charge in [-0.1, -0.05) is 6.07 Å². The largest absolute Gasteiger partial charge is 0.376 e. The number of rotatable bonds is 3. The van der Waals surface area contributed by atoms with E-state index < -0.39 is 0 Å². The van der Waals surface area contributed by atoms with Crippen molar-refractivity contribution in [2.24, 2.45) is 0 Å². The van der Waals surface area contributed by atoms with E-state index in [0.29, 0.717) is 19.0 Å². The van der Waals surface area contributed by atoms with Crippen LogP contribution in [0.15, 0.2) is 18.2 Å². The monoisotopic (exact) mass is 253 g/mol. The van der Waals surface area contributed by atoms with Crippen molar-refractivity contribution in [1.82, 2.24) is 4.90 Å². The van der Waals surface area contributed by atoms with Crippen molar-refractivity contribution in [2.75, 3.05) is 26.1 Å². The first-order valence-corrected chi connectivity index (χ1v) is 6.27. The number of hydrogen-bond donors (Lipinski definition) is 0. The van der Waals surface area contributed by atoms with Crippen molar-refractivity contribution in [2.45, 2.75) is 13.0 Å². The SMILES string of the molecule is CN(CCCl)C(=O)c1ccc2c(c1)CCOC2. The van der Waals surface area contributed by atoms with Crippen molar-refractivity contribution in [3.05, 3.63) is 34.9 Å². The van der Waals surface area contributed by atoms with Crippen LogP contribution in [-0.4, -0.2) is 36.9 Å². The van der Waals surface area contributed by atoms with Gasteiger partial charge in [0.05, 0.1) is 13.2 Å². The first kappa shape index (κ1) is 12.4. The molecule has 92 valence electrons. The number of alkyl halides is 1. The van der Waals surface area contributed by atoms with Crippen LogP contribution in [0.5, 0.6) is 0 Å². The average molecular weight is 254 g/mol. The van der Waals surface area contributed by atoms with Gasteiger partial charge in [0.15, 0.2) is 0 Å². The fraction of sp³-hybridized carbons (Fsp3) is 0.462. The molecule has 0 bridgehead atoms. The smallest absolute Gasteiger partial charge is 0.253 e. The lowest BCUT2D eigenvalue weighted by molar-refractivity contribution is 0.0802. The number of fused-ring (bicyclic) bond motifs is 1. The second-order valence-corrected chi connectivity index (χ2v) is 4.58. The topological polar surface area (TPSA) is 29.5 Å². The highest BCUT2D eigenvalue weighted by atomic mass is 35.5. The normalized spacial score (nSPS) is 14.2. The minimum atomic E-state index is 0.0277. The van der Waals surface area contributed by atoms with Crippen molar-refractivity contribution in [3.8, 4) is 0 Å². The molecule has 0 fully saturated rings. The maximum atomic E-state index is 12.1. The van der Waals surface area contributed by atoms with E-state index in [1.165, 1.54) is 11.1 Å². The van der Waals surface area contributed by atoms with Gasteiger partial charge in [0.2, 0.25) is 0 Å². The molecule has 1 heterocycles. The molecule has 1 amide bonds. The van der Waals surface area contributed by atoms with Gasteiger partial charge in [-0.05, 0) is 29.7 Å². The Labute approximate surface area is 106 Å². The molecule has 1 aromatic carbocycles. The maximum Gasteiger partial charge on any atom is 0.253 e. The molecule has 17 heavy (non-hydrogen) atoms. The van der Waals surface area contributed by atoms with Crippen LogP contribution in [0.25, 0.3) is 0 Å². The molecule has 2 rings (SSSR count). The van der Waals surface area contributed by atoms with Gasteiger partial charge in [-0.3, -0.25) is 4.79 Å². The zero-order valence-corrected chi connectivity index (χ0v) is 10.7. The molecular formula is C13H16ClNO2. The van der Waals surface area contributed by atoms with Gasteiger partial charge in [0.25, 0.3) is 5.91 Å². The quantitative estimate of drug-likeness (QED) is 0.772. The second kappa shape index (κ2) is 5.52. The number of amides is 1. The van der Waals surface area contributed by atoms with Crippen molar-refractivity contribution >= 4 is 17.5 Å². The second-order valence-electron chi connectivity index (χ2n) is 4.20. The first-order valence-electron chi connectivity index (χ1n) is 5.73. The van der Waals surface area contributed by atoms with E-state index >= 15 is 0 Å². The summed E-state index contributed by atoms with van der Waals surface area (Å²) in [5.41, 5.74) is 3.15. The minimum Gasteiger partial charge on any atom is -0.376 e. The summed E-state index contributed by atoms with van der Waals surface area (Å²) in [6.45, 7) is 1.96. The van der Waals surface area contributed by atoms with Crippen molar-refractivity contribution in [1.29, 1.82) is 0 Å². The van der Waals surface area contributed by atoms with Gasteiger partial charge in [-0.15, -0.1) is 11.6 Å². The third-order valence-corrected chi connectivity index (χ3v) is 3.16. The summed E-state index contributed by atoms with van der Waals surface area (Å²) in [5, 5.41) is 0. The molecule has 0 saturated heterocycles. The van der Waals surface area contributed by atoms with E-state index in [-0.39, 0.29) is 5.91 Å². The summed E-state index contributed by atoms with van der Waals surface area (Å²) in [4.78, 5) is 13.7. The Morgan fingerprint density at radius 3 is 3.06 bits per heavy atom. The number of hydrogen-bond acceptors (Lipinski definition) is 2. The van der Waals surface area contributed by atoms with Crippen LogP contribution in [0.1, 0.15) is 21.5 Å². The zero-order valence-electron chi connectivity index (χ0n) is 9.91. The highest BCUT2D eigenvalue weighted by Gasteiger charge is 2.15. The number of ether oxygens (including phenoxy) is 1. The van der Waals surface area contributed by atoms with Gasteiger partial charge in [0, 0.05) is 25.0 Å². The van der Waals surface area contributed by atoms with Crippen LogP contribution >= 0.6 is 11.6 Å². The Hall–Kier alpha value is -1.06. The number of benzene rings is 1. The molecule has 1 aliphatic rings. The molecule has 0 radical (unpaired) electrons. The van der Waals surface area contributed by atoms with Crippen LogP contribution in [0.2, 0.25) is 0 Å². The van der Waals surface area contributed by atoms with Gasteiger partial charge in [-0.2, -0.15) is 0 Å². The van der Waals surface area contributed by atoms with E-state index in [4.69, 9.17) is 16.3 Å². The van der Waals surface area contributed by atoms with Crippen molar-refractivity contribution in [3.63, 3.8) is 0 Å². The molecule has 0 atom stereocenters.